The van der Waals surface area contributed by atoms with Crippen LogP contribution in [0, 0.1) is 19.7 Å². The molecule has 0 radical (unpaired) electrons. The number of nitrogens with one attached hydrogen (secondary N) is 1. The third-order valence-electron chi connectivity index (χ3n) is 5.11. The normalized spacial score (nSPS) is 13.9. The van der Waals surface area contributed by atoms with Crippen molar-refractivity contribution < 1.29 is 9.18 Å². The molecule has 27 heavy (non-hydrogen) atoms. The van der Waals surface area contributed by atoms with Crippen LogP contribution in [0.3, 0.4) is 0 Å². The maximum atomic E-state index is 13.6. The molecule has 1 aliphatic heterocycles. The van der Waals surface area contributed by atoms with Crippen LogP contribution >= 0.6 is 12.4 Å². The summed E-state index contributed by atoms with van der Waals surface area (Å²) >= 11 is 0. The Labute approximate surface area is 166 Å². The molecule has 1 aliphatic rings. The third-order valence-corrected chi connectivity index (χ3v) is 5.11. The summed E-state index contributed by atoms with van der Waals surface area (Å²) in [5.74, 6) is -0.219. The Balaban J connectivity index is 0.00000261. The Kier molecular flexibility index (Phi) is 7.48. The number of halogens is 2. The molecule has 0 atom stereocenters. The number of hydrogen-bond acceptors (Lipinski definition) is 2. The van der Waals surface area contributed by atoms with Gasteiger partial charge >= 0.3 is 6.03 Å². The highest BCUT2D eigenvalue weighted by Crippen LogP contribution is 2.23. The van der Waals surface area contributed by atoms with Crippen molar-refractivity contribution in [2.75, 3.05) is 37.6 Å². The van der Waals surface area contributed by atoms with Gasteiger partial charge in [-0.3, -0.25) is 0 Å². The topological polar surface area (TPSA) is 35.6 Å². The second-order valence-corrected chi connectivity index (χ2v) is 6.77. The van der Waals surface area contributed by atoms with Crippen LogP contribution in [-0.4, -0.2) is 43.7 Å². The molecule has 0 aliphatic carbocycles. The summed E-state index contributed by atoms with van der Waals surface area (Å²) in [7, 11) is 0. The monoisotopic (exact) mass is 391 g/mol. The van der Waals surface area contributed by atoms with Gasteiger partial charge in [-0.1, -0.05) is 30.3 Å². The minimum Gasteiger partial charge on any atom is -0.368 e. The third kappa shape index (κ3) is 5.13. The summed E-state index contributed by atoms with van der Waals surface area (Å²) < 4.78 is 13.6. The van der Waals surface area contributed by atoms with Crippen LogP contribution in [0.25, 0.3) is 0 Å². The van der Waals surface area contributed by atoms with Crippen molar-refractivity contribution in [2.24, 2.45) is 0 Å². The summed E-state index contributed by atoms with van der Waals surface area (Å²) in [5, 5.41) is 2.90. The van der Waals surface area contributed by atoms with E-state index in [-0.39, 0.29) is 24.3 Å². The molecule has 1 N–H and O–H groups in total. The quantitative estimate of drug-likeness (QED) is 0.856. The molecule has 0 bridgehead atoms. The summed E-state index contributed by atoms with van der Waals surface area (Å²) in [6.45, 7) is 7.75. The van der Waals surface area contributed by atoms with Crippen LogP contribution in [0.15, 0.2) is 42.5 Å². The van der Waals surface area contributed by atoms with Gasteiger partial charge in [-0.2, -0.15) is 0 Å². The Morgan fingerprint density at radius 3 is 2.44 bits per heavy atom. The Morgan fingerprint density at radius 2 is 1.74 bits per heavy atom. The molecular formula is C21H27ClFN3O. The van der Waals surface area contributed by atoms with E-state index < -0.39 is 0 Å². The smallest absolute Gasteiger partial charge is 0.317 e. The number of benzene rings is 2. The van der Waals surface area contributed by atoms with Crippen LogP contribution in [0.1, 0.15) is 16.7 Å². The van der Waals surface area contributed by atoms with E-state index in [1.807, 2.05) is 11.0 Å². The first kappa shape index (κ1) is 21.0. The SMILES string of the molecule is Cc1cccc(N2CCN(C(=O)NCCc3ccccc3F)CC2)c1C.Cl. The Morgan fingerprint density at radius 1 is 1.04 bits per heavy atom. The van der Waals surface area contributed by atoms with Crippen molar-refractivity contribution in [2.45, 2.75) is 20.3 Å². The lowest BCUT2D eigenvalue weighted by atomic mass is 10.1. The van der Waals surface area contributed by atoms with E-state index >= 15 is 0 Å². The summed E-state index contributed by atoms with van der Waals surface area (Å²) in [6.07, 6.45) is 0.501. The molecule has 6 heteroatoms. The lowest BCUT2D eigenvalue weighted by Gasteiger charge is -2.37. The van der Waals surface area contributed by atoms with E-state index in [9.17, 15) is 9.18 Å². The molecule has 1 heterocycles. The van der Waals surface area contributed by atoms with E-state index in [2.05, 4.69) is 42.3 Å². The average molecular weight is 392 g/mol. The van der Waals surface area contributed by atoms with Crippen molar-refractivity contribution >= 4 is 24.1 Å². The highest BCUT2D eigenvalue weighted by molar-refractivity contribution is 5.85. The minimum atomic E-state index is -0.219. The molecule has 2 aromatic carbocycles. The molecule has 4 nitrogen and oxygen atoms in total. The van der Waals surface area contributed by atoms with Crippen molar-refractivity contribution in [3.8, 4) is 0 Å². The molecule has 3 rings (SSSR count). The van der Waals surface area contributed by atoms with Gasteiger partial charge in [-0.25, -0.2) is 9.18 Å². The van der Waals surface area contributed by atoms with E-state index in [0.29, 0.717) is 31.6 Å². The predicted molar refractivity (Wildman–Crippen MR) is 110 cm³/mol. The highest BCUT2D eigenvalue weighted by Gasteiger charge is 2.22. The maximum absolute atomic E-state index is 13.6. The van der Waals surface area contributed by atoms with Crippen molar-refractivity contribution in [3.05, 3.63) is 65.0 Å². The summed E-state index contributed by atoms with van der Waals surface area (Å²) in [6, 6.07) is 13.0. The Bertz CT molecular complexity index is 776. The van der Waals surface area contributed by atoms with E-state index in [1.165, 1.54) is 22.9 Å². The van der Waals surface area contributed by atoms with Gasteiger partial charge in [-0.05, 0) is 49.1 Å². The number of urea groups is 1. The number of hydrogen-bond donors (Lipinski definition) is 1. The molecule has 146 valence electrons. The molecule has 0 saturated carbocycles. The highest BCUT2D eigenvalue weighted by atomic mass is 35.5. The van der Waals surface area contributed by atoms with E-state index in [4.69, 9.17) is 0 Å². The van der Waals surface area contributed by atoms with Crippen molar-refractivity contribution in [1.29, 1.82) is 0 Å². The van der Waals surface area contributed by atoms with Gasteiger partial charge in [0.05, 0.1) is 0 Å². The van der Waals surface area contributed by atoms with Gasteiger partial charge < -0.3 is 15.1 Å². The first-order valence-electron chi connectivity index (χ1n) is 9.13. The largest absolute Gasteiger partial charge is 0.368 e. The van der Waals surface area contributed by atoms with Crippen LogP contribution in [-0.2, 0) is 6.42 Å². The standard InChI is InChI=1S/C21H26FN3O.ClH/c1-16-6-5-9-20(17(16)2)24-12-14-25(15-13-24)21(26)23-11-10-18-7-3-4-8-19(18)22;/h3-9H,10-15H2,1-2H3,(H,23,26);1H. The zero-order valence-electron chi connectivity index (χ0n) is 15.9. The number of nitrogens with zero attached hydrogens (tertiary/aromatic N) is 2. The minimum absolute atomic E-state index is 0. The fraction of sp³-hybridized carbons (Fsp3) is 0.381. The predicted octanol–water partition coefficient (Wildman–Crippen LogP) is 3.94. The van der Waals surface area contributed by atoms with Crippen LogP contribution in [0.5, 0.6) is 0 Å². The van der Waals surface area contributed by atoms with E-state index in [0.717, 1.165) is 13.1 Å². The van der Waals surface area contributed by atoms with Crippen LogP contribution in [0.4, 0.5) is 14.9 Å². The van der Waals surface area contributed by atoms with Crippen molar-refractivity contribution in [1.82, 2.24) is 10.2 Å². The number of anilines is 1. The zero-order chi connectivity index (χ0) is 18.5. The zero-order valence-corrected chi connectivity index (χ0v) is 16.7. The maximum Gasteiger partial charge on any atom is 0.317 e. The van der Waals surface area contributed by atoms with Gasteiger partial charge in [0, 0.05) is 38.4 Å². The van der Waals surface area contributed by atoms with Gasteiger partial charge in [-0.15, -0.1) is 12.4 Å². The second-order valence-electron chi connectivity index (χ2n) is 6.77. The second kappa shape index (κ2) is 9.60. The molecule has 0 spiro atoms. The number of aryl methyl sites for hydroxylation is 1. The Hall–Kier alpha value is -2.27. The van der Waals surface area contributed by atoms with Gasteiger partial charge in [0.15, 0.2) is 0 Å². The lowest BCUT2D eigenvalue weighted by Crippen LogP contribution is -2.52. The summed E-state index contributed by atoms with van der Waals surface area (Å²) in [4.78, 5) is 16.5. The fourth-order valence-corrected chi connectivity index (χ4v) is 3.35. The molecule has 0 aromatic heterocycles. The number of carbonyl (C=O) groups excluding carboxylic acids is 1. The van der Waals surface area contributed by atoms with Crippen molar-refractivity contribution in [3.63, 3.8) is 0 Å². The molecule has 2 aromatic rings. The first-order valence-corrected chi connectivity index (χ1v) is 9.13. The first-order chi connectivity index (χ1) is 12.6. The molecule has 0 unspecified atom stereocenters. The van der Waals surface area contributed by atoms with Gasteiger partial charge in [0.2, 0.25) is 0 Å². The molecular weight excluding hydrogens is 365 g/mol. The van der Waals surface area contributed by atoms with Gasteiger partial charge in [0.1, 0.15) is 5.82 Å². The molecule has 1 saturated heterocycles. The van der Waals surface area contributed by atoms with Crippen LogP contribution in [0.2, 0.25) is 0 Å². The fourth-order valence-electron chi connectivity index (χ4n) is 3.35. The lowest BCUT2D eigenvalue weighted by molar-refractivity contribution is 0.194. The van der Waals surface area contributed by atoms with E-state index in [1.54, 1.807) is 12.1 Å². The summed E-state index contributed by atoms with van der Waals surface area (Å²) in [5.41, 5.74) is 4.48. The molecule has 1 fully saturated rings. The van der Waals surface area contributed by atoms with Crippen LogP contribution < -0.4 is 10.2 Å². The number of piperazine rings is 1. The number of amides is 2. The number of carbonyl (C=O) groups is 1. The molecule has 2 amide bonds. The van der Waals surface area contributed by atoms with Gasteiger partial charge in [0.25, 0.3) is 0 Å². The number of rotatable bonds is 4. The average Bonchev–Trinajstić information content (AvgIpc) is 2.65.